The van der Waals surface area contributed by atoms with Crippen LogP contribution in [-0.4, -0.2) is 51.8 Å². The van der Waals surface area contributed by atoms with Gasteiger partial charge in [-0.2, -0.15) is 0 Å². The lowest BCUT2D eigenvalue weighted by Crippen LogP contribution is -2.46. The van der Waals surface area contributed by atoms with Crippen LogP contribution in [0, 0.1) is 5.82 Å². The highest BCUT2D eigenvalue weighted by atomic mass is 32.2. The Labute approximate surface area is 165 Å². The van der Waals surface area contributed by atoms with Gasteiger partial charge < -0.3 is 19.3 Å². The van der Waals surface area contributed by atoms with Crippen molar-refractivity contribution in [2.24, 2.45) is 0 Å². The average molecular weight is 404 g/mol. The Morgan fingerprint density at radius 1 is 1.25 bits per heavy atom. The van der Waals surface area contributed by atoms with E-state index in [-0.39, 0.29) is 24.4 Å². The van der Waals surface area contributed by atoms with E-state index in [4.69, 9.17) is 9.26 Å². The molecule has 0 amide bonds. The average Bonchev–Trinajstić information content (AvgIpc) is 3.11. The largest absolute Gasteiger partial charge is 0.392 e. The summed E-state index contributed by atoms with van der Waals surface area (Å²) in [5.41, 5.74) is 1.75. The number of morpholine rings is 1. The summed E-state index contributed by atoms with van der Waals surface area (Å²) in [5.74, 6) is -0.532. The number of aromatic nitrogens is 3. The summed E-state index contributed by atoms with van der Waals surface area (Å²) in [6.07, 6.45) is 5.04. The highest BCUT2D eigenvalue weighted by molar-refractivity contribution is 7.98. The second-order valence-corrected chi connectivity index (χ2v) is 7.70. The topological polar surface area (TPSA) is 84.5 Å². The van der Waals surface area contributed by atoms with Gasteiger partial charge in [0, 0.05) is 18.7 Å². The maximum absolute atomic E-state index is 15.4. The van der Waals surface area contributed by atoms with Crippen LogP contribution in [0.25, 0.3) is 22.4 Å². The first-order valence-electron chi connectivity index (χ1n) is 9.00. The summed E-state index contributed by atoms with van der Waals surface area (Å²) >= 11 is 1.48. The minimum atomic E-state index is -0.532. The van der Waals surface area contributed by atoms with E-state index in [2.05, 4.69) is 15.1 Å². The van der Waals surface area contributed by atoms with Gasteiger partial charge in [-0.15, -0.1) is 11.8 Å². The van der Waals surface area contributed by atoms with Crippen molar-refractivity contribution in [2.75, 3.05) is 24.2 Å². The number of benzene rings is 1. The maximum Gasteiger partial charge on any atom is 0.205 e. The molecule has 2 atom stereocenters. The van der Waals surface area contributed by atoms with E-state index in [1.165, 1.54) is 11.8 Å². The summed E-state index contributed by atoms with van der Waals surface area (Å²) in [6.45, 7) is 4.65. The number of rotatable bonds is 4. The van der Waals surface area contributed by atoms with E-state index in [0.29, 0.717) is 41.1 Å². The highest BCUT2D eigenvalue weighted by Crippen LogP contribution is 2.37. The van der Waals surface area contributed by atoms with Crippen molar-refractivity contribution >= 4 is 28.4 Å². The maximum atomic E-state index is 15.4. The summed E-state index contributed by atoms with van der Waals surface area (Å²) in [5, 5.41) is 15.2. The highest BCUT2D eigenvalue weighted by Gasteiger charge is 2.29. The van der Waals surface area contributed by atoms with Crippen LogP contribution in [0.5, 0.6) is 0 Å². The summed E-state index contributed by atoms with van der Waals surface area (Å²) in [6, 6.07) is 1.72. The molecule has 0 unspecified atom stereocenters. The number of aliphatic hydroxyl groups excluding tert-OH is 1. The quantitative estimate of drug-likeness (QED) is 0.664. The number of hydrogen-bond donors (Lipinski definition) is 1. The van der Waals surface area contributed by atoms with Crippen molar-refractivity contribution in [3.8, 4) is 11.4 Å². The Morgan fingerprint density at radius 2 is 2.00 bits per heavy atom. The molecule has 28 heavy (non-hydrogen) atoms. The number of ether oxygens (including phenoxy) is 1. The van der Waals surface area contributed by atoms with Crippen molar-refractivity contribution in [3.05, 3.63) is 29.8 Å². The van der Waals surface area contributed by atoms with Crippen molar-refractivity contribution in [1.29, 1.82) is 0 Å². The molecule has 4 rings (SSSR count). The minimum absolute atomic E-state index is 0.0408. The van der Waals surface area contributed by atoms with Crippen molar-refractivity contribution in [2.45, 2.75) is 37.7 Å². The smallest absolute Gasteiger partial charge is 0.205 e. The van der Waals surface area contributed by atoms with Gasteiger partial charge in [0.25, 0.3) is 0 Å². The molecule has 0 bridgehead atoms. The third-order valence-corrected chi connectivity index (χ3v) is 5.37. The molecule has 1 saturated heterocycles. The fraction of sp³-hybridized carbons (Fsp3) is 0.421. The van der Waals surface area contributed by atoms with Gasteiger partial charge in [0.15, 0.2) is 5.82 Å². The molecule has 7 nitrogen and oxygen atoms in total. The van der Waals surface area contributed by atoms with Crippen LogP contribution < -0.4 is 4.90 Å². The van der Waals surface area contributed by atoms with Crippen LogP contribution in [0.2, 0.25) is 0 Å². The van der Waals surface area contributed by atoms with Gasteiger partial charge in [-0.3, -0.25) is 4.98 Å². The molecule has 1 aromatic carbocycles. The van der Waals surface area contributed by atoms with Crippen LogP contribution in [0.4, 0.5) is 10.1 Å². The molecular weight excluding hydrogens is 383 g/mol. The van der Waals surface area contributed by atoms with Crippen molar-refractivity contribution < 1.29 is 18.8 Å². The molecule has 1 fully saturated rings. The number of thioether (sulfide) groups is 1. The number of nitrogens with zero attached hydrogens (tertiary/aromatic N) is 4. The monoisotopic (exact) mass is 404 g/mol. The van der Waals surface area contributed by atoms with Crippen LogP contribution in [0.3, 0.4) is 0 Å². The molecule has 9 heteroatoms. The normalized spacial score (nSPS) is 20.1. The fourth-order valence-corrected chi connectivity index (χ4v) is 3.95. The zero-order valence-electron chi connectivity index (χ0n) is 15.8. The molecule has 0 aliphatic carbocycles. The van der Waals surface area contributed by atoms with Gasteiger partial charge in [-0.1, -0.05) is 5.16 Å². The molecule has 148 valence electrons. The Morgan fingerprint density at radius 3 is 2.61 bits per heavy atom. The number of anilines is 1. The van der Waals surface area contributed by atoms with E-state index in [9.17, 15) is 5.11 Å². The molecule has 3 heterocycles. The lowest BCUT2D eigenvalue weighted by atomic mass is 10.0. The Kier molecular flexibility index (Phi) is 5.22. The number of aliphatic hydroxyl groups is 1. The predicted octanol–water partition coefficient (Wildman–Crippen LogP) is 3.25. The number of halogens is 1. The molecule has 0 spiro atoms. The standard InChI is InChI=1S/C19H21FN4O3S/c1-10-7-24(8-11(2)26-10)18-12(9-25)4-13-17(23-27-19(13)16(18)20)14-5-22-15(28-3)6-21-14/h4-6,10-11,25H,7-9H2,1-3H3/t10-,11+. The number of hydrogen-bond acceptors (Lipinski definition) is 8. The number of fused-ring (bicyclic) bond motifs is 1. The first-order valence-corrected chi connectivity index (χ1v) is 10.2. The predicted molar refractivity (Wildman–Crippen MR) is 105 cm³/mol. The van der Waals surface area contributed by atoms with Crippen molar-refractivity contribution in [3.63, 3.8) is 0 Å². The summed E-state index contributed by atoms with van der Waals surface area (Å²) in [7, 11) is 0. The van der Waals surface area contributed by atoms with Crippen LogP contribution in [-0.2, 0) is 11.3 Å². The molecular formula is C19H21FN4O3S. The third-order valence-electron chi connectivity index (χ3n) is 4.74. The van der Waals surface area contributed by atoms with Crippen molar-refractivity contribution in [1.82, 2.24) is 15.1 Å². The van der Waals surface area contributed by atoms with Gasteiger partial charge in [-0.25, -0.2) is 9.37 Å². The van der Waals surface area contributed by atoms with Crippen LogP contribution in [0.15, 0.2) is 28.0 Å². The molecule has 0 saturated carbocycles. The second kappa shape index (κ2) is 7.65. The Hall–Kier alpha value is -2.23. The van der Waals surface area contributed by atoms with Gasteiger partial charge >= 0.3 is 0 Å². The molecule has 1 aliphatic rings. The first kappa shape index (κ1) is 19.1. The zero-order chi connectivity index (χ0) is 19.8. The van der Waals surface area contributed by atoms with E-state index in [0.717, 1.165) is 5.03 Å². The third kappa shape index (κ3) is 3.34. The molecule has 2 aromatic heterocycles. The zero-order valence-corrected chi connectivity index (χ0v) is 16.7. The molecule has 0 radical (unpaired) electrons. The van der Waals surface area contributed by atoms with E-state index < -0.39 is 5.82 Å². The summed E-state index contributed by atoms with van der Waals surface area (Å²) in [4.78, 5) is 10.5. The molecule has 1 N–H and O–H groups in total. The fourth-order valence-electron chi connectivity index (χ4n) is 3.63. The van der Waals surface area contributed by atoms with Gasteiger partial charge in [0.1, 0.15) is 16.4 Å². The second-order valence-electron chi connectivity index (χ2n) is 6.87. The van der Waals surface area contributed by atoms with E-state index in [1.807, 2.05) is 25.0 Å². The molecule has 1 aliphatic heterocycles. The van der Waals surface area contributed by atoms with E-state index in [1.54, 1.807) is 18.5 Å². The SMILES string of the molecule is CSc1cnc(-c2noc3c(F)c(N4C[C@@H](C)O[C@@H](C)C4)c(CO)cc23)cn1. The lowest BCUT2D eigenvalue weighted by Gasteiger charge is -2.37. The lowest BCUT2D eigenvalue weighted by molar-refractivity contribution is -0.00549. The minimum Gasteiger partial charge on any atom is -0.392 e. The van der Waals surface area contributed by atoms with Crippen LogP contribution in [0.1, 0.15) is 19.4 Å². The van der Waals surface area contributed by atoms with Gasteiger partial charge in [-0.05, 0) is 26.2 Å². The molecule has 3 aromatic rings. The summed E-state index contributed by atoms with van der Waals surface area (Å²) < 4.78 is 26.5. The van der Waals surface area contributed by atoms with Crippen LogP contribution >= 0.6 is 11.8 Å². The Balaban J connectivity index is 1.82. The van der Waals surface area contributed by atoms with Gasteiger partial charge in [0.05, 0.1) is 42.3 Å². The van der Waals surface area contributed by atoms with Gasteiger partial charge in [0.2, 0.25) is 5.58 Å². The Bertz CT molecular complexity index is 985. The van der Waals surface area contributed by atoms with E-state index >= 15 is 4.39 Å². The first-order chi connectivity index (χ1) is 13.5.